The first kappa shape index (κ1) is 18.2. The number of nitrogens with zero attached hydrogens (tertiary/aromatic N) is 1. The van der Waals surface area contributed by atoms with E-state index in [1.165, 1.54) is 0 Å². The van der Waals surface area contributed by atoms with Gasteiger partial charge in [0.1, 0.15) is 6.61 Å². The fourth-order valence-corrected chi connectivity index (χ4v) is 2.01. The predicted molar refractivity (Wildman–Crippen MR) is 77.8 cm³/mol. The zero-order valence-electron chi connectivity index (χ0n) is 13.0. The average molecular weight is 313 g/mol. The Morgan fingerprint density at radius 3 is 2.27 bits per heavy atom. The Morgan fingerprint density at radius 2 is 1.68 bits per heavy atom. The van der Waals surface area contributed by atoms with E-state index in [0.29, 0.717) is 13.1 Å². The molecule has 0 aromatic heterocycles. The molecule has 22 heavy (non-hydrogen) atoms. The van der Waals surface area contributed by atoms with Gasteiger partial charge in [0.25, 0.3) is 5.91 Å². The van der Waals surface area contributed by atoms with Crippen LogP contribution in [0.3, 0.4) is 0 Å². The van der Waals surface area contributed by atoms with Gasteiger partial charge < -0.3 is 19.5 Å². The first-order valence-electron chi connectivity index (χ1n) is 7.42. The van der Waals surface area contributed by atoms with Crippen LogP contribution in [0.25, 0.3) is 0 Å². The lowest BCUT2D eigenvalue weighted by Gasteiger charge is -2.28. The summed E-state index contributed by atoms with van der Waals surface area (Å²) in [4.78, 5) is 36.0. The van der Waals surface area contributed by atoms with Crippen LogP contribution >= 0.6 is 0 Å². The number of hydrogen-bond acceptors (Lipinski definition) is 6. The maximum atomic E-state index is 11.9. The summed E-state index contributed by atoms with van der Waals surface area (Å²) >= 11 is 0. The minimum Gasteiger partial charge on any atom is -0.460 e. The van der Waals surface area contributed by atoms with E-state index in [2.05, 4.69) is 0 Å². The van der Waals surface area contributed by atoms with Gasteiger partial charge in [-0.3, -0.25) is 4.79 Å². The molecule has 1 aliphatic heterocycles. The first-order chi connectivity index (χ1) is 10.4. The highest BCUT2D eigenvalue weighted by molar-refractivity contribution is 5.92. The van der Waals surface area contributed by atoms with Gasteiger partial charge in [0.15, 0.2) is 6.10 Å². The number of aliphatic hydroxyl groups is 1. The molecular formula is C15H23NO6. The molecule has 1 fully saturated rings. The van der Waals surface area contributed by atoms with Crippen LogP contribution in [0.1, 0.15) is 33.1 Å². The molecule has 1 heterocycles. The topological polar surface area (TPSA) is 93.1 Å². The molecule has 1 rings (SSSR count). The van der Waals surface area contributed by atoms with Crippen LogP contribution in [-0.4, -0.2) is 59.8 Å². The van der Waals surface area contributed by atoms with Crippen molar-refractivity contribution in [2.24, 2.45) is 0 Å². The minimum absolute atomic E-state index is 0.280. The summed E-state index contributed by atoms with van der Waals surface area (Å²) < 4.78 is 9.54. The molecule has 1 N–H and O–H groups in total. The molecule has 0 bridgehead atoms. The van der Waals surface area contributed by atoms with Crippen LogP contribution in [0, 0.1) is 0 Å². The van der Waals surface area contributed by atoms with E-state index >= 15 is 0 Å². The quantitative estimate of drug-likeness (QED) is 0.564. The minimum atomic E-state index is -1.38. The van der Waals surface area contributed by atoms with Crippen LogP contribution in [0.5, 0.6) is 0 Å². The van der Waals surface area contributed by atoms with Gasteiger partial charge >= 0.3 is 11.9 Å². The molecule has 1 unspecified atom stereocenters. The molecule has 0 spiro atoms. The molecule has 0 aliphatic carbocycles. The molecule has 7 heteroatoms. The van der Waals surface area contributed by atoms with Crippen molar-refractivity contribution < 1.29 is 29.0 Å². The van der Waals surface area contributed by atoms with Crippen molar-refractivity contribution in [1.29, 1.82) is 0 Å². The van der Waals surface area contributed by atoms with Crippen molar-refractivity contribution in [2.45, 2.75) is 45.3 Å². The molecule has 0 radical (unpaired) electrons. The van der Waals surface area contributed by atoms with Crippen LogP contribution in [0.2, 0.25) is 0 Å². The highest BCUT2D eigenvalue weighted by atomic mass is 16.5. The molecule has 1 saturated heterocycles. The van der Waals surface area contributed by atoms with Gasteiger partial charge in [-0.05, 0) is 33.1 Å². The molecule has 0 aromatic rings. The molecular weight excluding hydrogens is 290 g/mol. The average Bonchev–Trinajstić information content (AvgIpc) is 2.50. The molecule has 1 aliphatic rings. The van der Waals surface area contributed by atoms with Gasteiger partial charge in [-0.15, -0.1) is 0 Å². The summed E-state index contributed by atoms with van der Waals surface area (Å²) in [5.74, 6) is -1.90. The van der Waals surface area contributed by atoms with Gasteiger partial charge in [-0.25, -0.2) is 9.59 Å². The summed E-state index contributed by atoms with van der Waals surface area (Å²) in [6.45, 7) is 4.17. The van der Waals surface area contributed by atoms with E-state index in [4.69, 9.17) is 9.47 Å². The summed E-state index contributed by atoms with van der Waals surface area (Å²) in [5.41, 5.74) is 0. The largest absolute Gasteiger partial charge is 0.460 e. The Labute approximate surface area is 129 Å². The zero-order chi connectivity index (χ0) is 16.5. The summed E-state index contributed by atoms with van der Waals surface area (Å²) in [6, 6.07) is 0. The van der Waals surface area contributed by atoms with E-state index in [0.717, 1.165) is 31.4 Å². The van der Waals surface area contributed by atoms with Crippen LogP contribution < -0.4 is 0 Å². The molecule has 0 aromatic carbocycles. The van der Waals surface area contributed by atoms with E-state index in [1.807, 2.05) is 0 Å². The number of rotatable bonds is 6. The Hall–Kier alpha value is -1.89. The van der Waals surface area contributed by atoms with Crippen molar-refractivity contribution in [3.63, 3.8) is 0 Å². The number of ether oxygens (including phenoxy) is 2. The van der Waals surface area contributed by atoms with Crippen LogP contribution in [0.15, 0.2) is 12.2 Å². The Kier molecular flexibility index (Phi) is 7.59. The van der Waals surface area contributed by atoms with Crippen molar-refractivity contribution in [1.82, 2.24) is 4.90 Å². The number of carbonyl (C=O) groups is 3. The molecule has 7 nitrogen and oxygen atoms in total. The number of aliphatic hydroxyl groups excluding tert-OH is 1. The highest BCUT2D eigenvalue weighted by Crippen LogP contribution is 2.10. The third kappa shape index (κ3) is 6.71. The Bertz CT molecular complexity index is 426. The van der Waals surface area contributed by atoms with E-state index in [-0.39, 0.29) is 6.10 Å². The standard InChI is InChI=1S/C15H23NO6/c1-11(2)22-14(19)7-6-13(18)21-10-12(17)15(20)16-8-4-3-5-9-16/h6-7,11-12,17H,3-5,8-10H2,1-2H3/b7-6+. The van der Waals surface area contributed by atoms with Crippen molar-refractivity contribution in [3.05, 3.63) is 12.2 Å². The number of hydrogen-bond donors (Lipinski definition) is 1. The summed E-state index contributed by atoms with van der Waals surface area (Å²) in [5, 5.41) is 9.73. The summed E-state index contributed by atoms with van der Waals surface area (Å²) in [7, 11) is 0. The van der Waals surface area contributed by atoms with Crippen molar-refractivity contribution >= 4 is 17.8 Å². The van der Waals surface area contributed by atoms with Gasteiger partial charge in [0.2, 0.25) is 0 Å². The predicted octanol–water partition coefficient (Wildman–Crippen LogP) is 0.411. The van der Waals surface area contributed by atoms with Crippen LogP contribution in [-0.2, 0) is 23.9 Å². The zero-order valence-corrected chi connectivity index (χ0v) is 13.0. The lowest BCUT2D eigenvalue weighted by Crippen LogP contribution is -2.44. The normalized spacial score (nSPS) is 16.6. The monoisotopic (exact) mass is 313 g/mol. The van der Waals surface area contributed by atoms with Gasteiger partial charge in [-0.2, -0.15) is 0 Å². The second-order valence-electron chi connectivity index (χ2n) is 5.35. The molecule has 124 valence electrons. The molecule has 1 amide bonds. The maximum absolute atomic E-state index is 11.9. The first-order valence-corrected chi connectivity index (χ1v) is 7.42. The van der Waals surface area contributed by atoms with E-state index < -0.39 is 30.6 Å². The summed E-state index contributed by atoms with van der Waals surface area (Å²) in [6.07, 6.45) is 3.10. The third-order valence-electron chi connectivity index (χ3n) is 3.04. The van der Waals surface area contributed by atoms with Crippen molar-refractivity contribution in [2.75, 3.05) is 19.7 Å². The molecule has 0 saturated carbocycles. The lowest BCUT2D eigenvalue weighted by molar-refractivity contribution is -0.150. The maximum Gasteiger partial charge on any atom is 0.331 e. The third-order valence-corrected chi connectivity index (χ3v) is 3.04. The fraction of sp³-hybridized carbons (Fsp3) is 0.667. The number of esters is 2. The number of amides is 1. The number of piperidine rings is 1. The van der Waals surface area contributed by atoms with Gasteiger partial charge in [0.05, 0.1) is 6.10 Å². The van der Waals surface area contributed by atoms with Crippen LogP contribution in [0.4, 0.5) is 0 Å². The lowest BCUT2D eigenvalue weighted by atomic mass is 10.1. The number of likely N-dealkylation sites (tertiary alicyclic amines) is 1. The van der Waals surface area contributed by atoms with E-state index in [1.54, 1.807) is 18.7 Å². The second-order valence-corrected chi connectivity index (χ2v) is 5.35. The fourth-order valence-electron chi connectivity index (χ4n) is 2.01. The highest BCUT2D eigenvalue weighted by Gasteiger charge is 2.24. The Morgan fingerprint density at radius 1 is 1.09 bits per heavy atom. The van der Waals surface area contributed by atoms with Gasteiger partial charge in [-0.1, -0.05) is 0 Å². The van der Waals surface area contributed by atoms with Gasteiger partial charge in [0, 0.05) is 25.2 Å². The molecule has 1 atom stereocenters. The van der Waals surface area contributed by atoms with Crippen molar-refractivity contribution in [3.8, 4) is 0 Å². The number of carbonyl (C=O) groups excluding carboxylic acids is 3. The SMILES string of the molecule is CC(C)OC(=O)/C=C/C(=O)OCC(O)C(=O)N1CCCCC1. The Balaban J connectivity index is 2.31. The smallest absolute Gasteiger partial charge is 0.331 e. The second kappa shape index (κ2) is 9.19. The van der Waals surface area contributed by atoms with E-state index in [9.17, 15) is 19.5 Å².